The van der Waals surface area contributed by atoms with E-state index in [1.807, 2.05) is 11.8 Å². The van der Waals surface area contributed by atoms with Crippen molar-refractivity contribution in [2.24, 2.45) is 5.41 Å². The Morgan fingerprint density at radius 3 is 2.71 bits per heavy atom. The first kappa shape index (κ1) is 10.3. The number of piperidine rings is 1. The van der Waals surface area contributed by atoms with Crippen molar-refractivity contribution in [3.63, 3.8) is 0 Å². The Morgan fingerprint density at radius 2 is 2.07 bits per heavy atom. The van der Waals surface area contributed by atoms with E-state index in [1.165, 1.54) is 36.6 Å². The van der Waals surface area contributed by atoms with Crippen LogP contribution in [-0.2, 0) is 0 Å². The van der Waals surface area contributed by atoms with Crippen LogP contribution in [0.2, 0.25) is 0 Å². The van der Waals surface area contributed by atoms with Gasteiger partial charge in [-0.05, 0) is 39.8 Å². The van der Waals surface area contributed by atoms with E-state index in [9.17, 15) is 0 Å². The van der Waals surface area contributed by atoms with Crippen molar-refractivity contribution in [2.75, 3.05) is 18.8 Å². The highest BCUT2D eigenvalue weighted by molar-refractivity contribution is 8.03. The van der Waals surface area contributed by atoms with Crippen LogP contribution in [-0.4, -0.2) is 18.8 Å². The van der Waals surface area contributed by atoms with Gasteiger partial charge in [0.25, 0.3) is 0 Å². The SMILES string of the molecule is C/C=C\C1=C(C)C2(CCNCC2)CS1. The van der Waals surface area contributed by atoms with Gasteiger partial charge in [-0.15, -0.1) is 11.8 Å². The summed E-state index contributed by atoms with van der Waals surface area (Å²) in [6, 6.07) is 0. The fourth-order valence-corrected chi connectivity index (χ4v) is 4.05. The summed E-state index contributed by atoms with van der Waals surface area (Å²) in [4.78, 5) is 1.52. The van der Waals surface area contributed by atoms with E-state index in [-0.39, 0.29) is 0 Å². The molecule has 0 unspecified atom stereocenters. The van der Waals surface area contributed by atoms with Gasteiger partial charge in [0, 0.05) is 16.1 Å². The van der Waals surface area contributed by atoms with Gasteiger partial charge in [-0.25, -0.2) is 0 Å². The quantitative estimate of drug-likeness (QED) is 0.712. The molecule has 1 nitrogen and oxygen atoms in total. The fraction of sp³-hybridized carbons (Fsp3) is 0.667. The largest absolute Gasteiger partial charge is 0.317 e. The smallest absolute Gasteiger partial charge is 0.00754 e. The summed E-state index contributed by atoms with van der Waals surface area (Å²) >= 11 is 2.05. The van der Waals surface area contributed by atoms with Gasteiger partial charge in [-0.2, -0.15) is 0 Å². The lowest BCUT2D eigenvalue weighted by Crippen LogP contribution is -2.37. The number of allylic oxidation sites excluding steroid dienone is 3. The van der Waals surface area contributed by atoms with E-state index >= 15 is 0 Å². The number of hydrogen-bond acceptors (Lipinski definition) is 2. The van der Waals surface area contributed by atoms with Crippen molar-refractivity contribution in [3.05, 3.63) is 22.6 Å². The minimum atomic E-state index is 0.533. The predicted octanol–water partition coefficient (Wildman–Crippen LogP) is 2.95. The van der Waals surface area contributed by atoms with Gasteiger partial charge in [-0.3, -0.25) is 0 Å². The third-order valence-corrected chi connectivity index (χ3v) is 5.00. The number of thioether (sulfide) groups is 1. The summed E-state index contributed by atoms with van der Waals surface area (Å²) in [7, 11) is 0. The molecular formula is C12H19NS. The topological polar surface area (TPSA) is 12.0 Å². The maximum absolute atomic E-state index is 3.45. The molecule has 2 aliphatic rings. The molecule has 1 spiro atoms. The maximum Gasteiger partial charge on any atom is 0.00754 e. The Morgan fingerprint density at radius 1 is 1.36 bits per heavy atom. The minimum absolute atomic E-state index is 0.533. The zero-order chi connectivity index (χ0) is 10.0. The highest BCUT2D eigenvalue weighted by atomic mass is 32.2. The molecular weight excluding hydrogens is 190 g/mol. The zero-order valence-electron chi connectivity index (χ0n) is 9.10. The second-order valence-electron chi connectivity index (χ2n) is 4.31. The average Bonchev–Trinajstić information content (AvgIpc) is 2.50. The van der Waals surface area contributed by atoms with E-state index in [4.69, 9.17) is 0 Å². The summed E-state index contributed by atoms with van der Waals surface area (Å²) in [5.41, 5.74) is 2.17. The zero-order valence-corrected chi connectivity index (χ0v) is 9.91. The van der Waals surface area contributed by atoms with Crippen LogP contribution in [0, 0.1) is 5.41 Å². The molecule has 2 heterocycles. The second kappa shape index (κ2) is 4.11. The van der Waals surface area contributed by atoms with Crippen LogP contribution >= 0.6 is 11.8 Å². The third-order valence-electron chi connectivity index (χ3n) is 3.55. The van der Waals surface area contributed by atoms with E-state index in [0.717, 1.165) is 0 Å². The lowest BCUT2D eigenvalue weighted by atomic mass is 9.75. The van der Waals surface area contributed by atoms with Crippen molar-refractivity contribution in [3.8, 4) is 0 Å². The fourth-order valence-electron chi connectivity index (χ4n) is 2.44. The molecule has 0 radical (unpaired) electrons. The first-order valence-corrected chi connectivity index (χ1v) is 6.45. The van der Waals surface area contributed by atoms with Gasteiger partial charge in [0.15, 0.2) is 0 Å². The van der Waals surface area contributed by atoms with E-state index in [2.05, 4.69) is 31.3 Å². The summed E-state index contributed by atoms with van der Waals surface area (Å²) < 4.78 is 0. The van der Waals surface area contributed by atoms with E-state index in [1.54, 1.807) is 5.57 Å². The van der Waals surface area contributed by atoms with Gasteiger partial charge in [0.2, 0.25) is 0 Å². The lowest BCUT2D eigenvalue weighted by Gasteiger charge is -2.34. The normalized spacial score (nSPS) is 26.7. The molecule has 0 aromatic rings. The van der Waals surface area contributed by atoms with Gasteiger partial charge in [-0.1, -0.05) is 17.7 Å². The van der Waals surface area contributed by atoms with Gasteiger partial charge in [0.1, 0.15) is 0 Å². The van der Waals surface area contributed by atoms with Gasteiger partial charge < -0.3 is 5.32 Å². The van der Waals surface area contributed by atoms with E-state index in [0.29, 0.717) is 5.41 Å². The van der Waals surface area contributed by atoms with Crippen molar-refractivity contribution in [1.29, 1.82) is 0 Å². The van der Waals surface area contributed by atoms with Crippen molar-refractivity contribution >= 4 is 11.8 Å². The molecule has 78 valence electrons. The van der Waals surface area contributed by atoms with Gasteiger partial charge in [0.05, 0.1) is 0 Å². The van der Waals surface area contributed by atoms with Crippen LogP contribution in [0.15, 0.2) is 22.6 Å². The molecule has 0 atom stereocenters. The third kappa shape index (κ3) is 1.66. The highest BCUT2D eigenvalue weighted by Gasteiger charge is 2.38. The Hall–Kier alpha value is -0.210. The first-order chi connectivity index (χ1) is 6.78. The molecule has 14 heavy (non-hydrogen) atoms. The second-order valence-corrected chi connectivity index (χ2v) is 5.33. The average molecular weight is 209 g/mol. The molecule has 0 aliphatic carbocycles. The van der Waals surface area contributed by atoms with Crippen LogP contribution in [0.25, 0.3) is 0 Å². The van der Waals surface area contributed by atoms with Crippen LogP contribution in [0.1, 0.15) is 26.7 Å². The Kier molecular flexibility index (Phi) is 3.03. The lowest BCUT2D eigenvalue weighted by molar-refractivity contribution is 0.292. The Balaban J connectivity index is 2.22. The monoisotopic (exact) mass is 209 g/mol. The molecule has 0 saturated carbocycles. The Labute approximate surface area is 91.0 Å². The van der Waals surface area contributed by atoms with Crippen LogP contribution in [0.5, 0.6) is 0 Å². The molecule has 1 saturated heterocycles. The highest BCUT2D eigenvalue weighted by Crippen LogP contribution is 2.50. The van der Waals surface area contributed by atoms with Crippen LogP contribution < -0.4 is 5.32 Å². The van der Waals surface area contributed by atoms with Crippen molar-refractivity contribution < 1.29 is 0 Å². The van der Waals surface area contributed by atoms with Gasteiger partial charge >= 0.3 is 0 Å². The molecule has 1 fully saturated rings. The molecule has 0 aromatic carbocycles. The molecule has 2 heteroatoms. The van der Waals surface area contributed by atoms with Crippen LogP contribution in [0.4, 0.5) is 0 Å². The molecule has 0 aromatic heterocycles. The summed E-state index contributed by atoms with van der Waals surface area (Å²) in [6.45, 7) is 6.83. The van der Waals surface area contributed by atoms with Crippen LogP contribution in [0.3, 0.4) is 0 Å². The maximum atomic E-state index is 3.45. The predicted molar refractivity (Wildman–Crippen MR) is 64.5 cm³/mol. The number of rotatable bonds is 1. The molecule has 0 amide bonds. The summed E-state index contributed by atoms with van der Waals surface area (Å²) in [6.07, 6.45) is 7.09. The molecule has 2 aliphatic heterocycles. The minimum Gasteiger partial charge on any atom is -0.317 e. The summed E-state index contributed by atoms with van der Waals surface area (Å²) in [5.74, 6) is 1.31. The number of hydrogen-bond donors (Lipinski definition) is 1. The molecule has 0 bridgehead atoms. The van der Waals surface area contributed by atoms with Crippen molar-refractivity contribution in [2.45, 2.75) is 26.7 Å². The summed E-state index contributed by atoms with van der Waals surface area (Å²) in [5, 5.41) is 3.45. The number of nitrogens with one attached hydrogen (secondary N) is 1. The Bertz CT molecular complexity index is 272. The molecule has 1 N–H and O–H groups in total. The van der Waals surface area contributed by atoms with E-state index < -0.39 is 0 Å². The molecule has 2 rings (SSSR count). The van der Waals surface area contributed by atoms with Crippen molar-refractivity contribution in [1.82, 2.24) is 5.32 Å². The standard InChI is InChI=1S/C12H19NS/c1-3-4-11-10(2)12(9-14-11)5-7-13-8-6-12/h3-4,13H,5-9H2,1-2H3/b4-3-. The first-order valence-electron chi connectivity index (χ1n) is 5.46.